The van der Waals surface area contributed by atoms with Gasteiger partial charge in [-0.2, -0.15) is 0 Å². The average molecular weight is 934 g/mol. The number of nitrogens with zero attached hydrogens (tertiary/aromatic N) is 2. The van der Waals surface area contributed by atoms with Crippen molar-refractivity contribution in [2.45, 2.75) is 82.6 Å². The quantitative estimate of drug-likeness (QED) is 0.0529. The zero-order valence-electron chi connectivity index (χ0n) is 36.5. The second kappa shape index (κ2) is 21.0. The number of para-hydroxylation sites is 2. The number of aliphatic carboxylic acids is 1. The third kappa shape index (κ3) is 11.8. The van der Waals surface area contributed by atoms with Gasteiger partial charge in [0.05, 0.1) is 17.7 Å². The maximum atomic E-state index is 14.4. The first-order valence-electron chi connectivity index (χ1n) is 20.3. The molecule has 2 aliphatic heterocycles. The van der Waals surface area contributed by atoms with Gasteiger partial charge in [0.15, 0.2) is 23.0 Å². The Morgan fingerprint density at radius 1 is 0.773 bits per heavy atom. The molecule has 3 aromatic rings. The van der Waals surface area contributed by atoms with E-state index in [9.17, 15) is 58.2 Å². The van der Waals surface area contributed by atoms with Gasteiger partial charge in [-0.1, -0.05) is 24.3 Å². The van der Waals surface area contributed by atoms with E-state index >= 15 is 0 Å². The summed E-state index contributed by atoms with van der Waals surface area (Å²) in [4.78, 5) is 131. The third-order valence-electron chi connectivity index (χ3n) is 9.96. The summed E-state index contributed by atoms with van der Waals surface area (Å²) in [5.41, 5.74) is -0.238. The molecule has 3 aromatic carbocycles. The van der Waals surface area contributed by atoms with Crippen molar-refractivity contribution in [1.82, 2.24) is 25.8 Å². The van der Waals surface area contributed by atoms with Crippen LogP contribution in [0.5, 0.6) is 28.7 Å². The van der Waals surface area contributed by atoms with Crippen LogP contribution >= 0.6 is 11.8 Å². The minimum Gasteiger partial charge on any atom is -0.508 e. The van der Waals surface area contributed by atoms with Gasteiger partial charge in [-0.3, -0.25) is 43.2 Å². The lowest BCUT2D eigenvalue weighted by atomic mass is 9.95. The number of carbonyl (C=O) groups excluding carboxylic acids is 9. The van der Waals surface area contributed by atoms with Crippen LogP contribution < -0.4 is 34.9 Å². The Kier molecular flexibility index (Phi) is 15.8. The number of thioether (sulfide) groups is 1. The van der Waals surface area contributed by atoms with Crippen LogP contribution in [0.15, 0.2) is 60.7 Å². The predicted molar refractivity (Wildman–Crippen MR) is 230 cm³/mol. The molecule has 5 amide bonds. The number of aromatic hydroxyl groups is 1. The number of carbonyl (C=O) groups is 10. The SMILES string of the molecule is CC(=O)Oc1cccc(C(=O)NCCCCN(CC(=O)NC(C(=O)NC2C(=O)N3C2SC(C)(C)C3C(=O)O)c2ccc(O)cc2)C(=O)c2cccc(OC(C)=O)c2OC(C)=O)c1OC(C)=O. The second-order valence-corrected chi connectivity index (χ2v) is 17.3. The molecule has 5 rings (SSSR count). The van der Waals surface area contributed by atoms with Gasteiger partial charge in [0.25, 0.3) is 11.8 Å². The van der Waals surface area contributed by atoms with Gasteiger partial charge < -0.3 is 54.9 Å². The molecule has 4 atom stereocenters. The summed E-state index contributed by atoms with van der Waals surface area (Å²) in [5.74, 6) is -9.65. The number of hydrogen-bond acceptors (Lipinski definition) is 16. The van der Waals surface area contributed by atoms with Crippen molar-refractivity contribution < 1.29 is 77.1 Å². The molecule has 4 unspecified atom stereocenters. The average Bonchev–Trinajstić information content (AvgIpc) is 3.49. The minimum atomic E-state index is -1.51. The van der Waals surface area contributed by atoms with Gasteiger partial charge in [-0.25, -0.2) is 4.79 Å². The number of unbranched alkanes of at least 4 members (excludes halogenated alkanes) is 1. The highest BCUT2D eigenvalue weighted by atomic mass is 32.2. The Morgan fingerprint density at radius 2 is 1.32 bits per heavy atom. The molecule has 0 aliphatic carbocycles. The molecule has 0 bridgehead atoms. The van der Waals surface area contributed by atoms with E-state index in [4.69, 9.17) is 18.9 Å². The zero-order chi connectivity index (χ0) is 48.6. The molecule has 5 N–H and O–H groups in total. The molecule has 0 aromatic heterocycles. The van der Waals surface area contributed by atoms with Gasteiger partial charge in [0, 0.05) is 45.5 Å². The van der Waals surface area contributed by atoms with Gasteiger partial charge in [-0.15, -0.1) is 11.8 Å². The first kappa shape index (κ1) is 49.5. The molecule has 0 spiro atoms. The summed E-state index contributed by atoms with van der Waals surface area (Å²) in [5, 5.41) is 27.0. The molecule has 350 valence electrons. The number of carboxylic acids is 1. The lowest BCUT2D eigenvalue weighted by molar-refractivity contribution is -0.161. The van der Waals surface area contributed by atoms with Gasteiger partial charge in [0.1, 0.15) is 29.2 Å². The van der Waals surface area contributed by atoms with Gasteiger partial charge >= 0.3 is 29.8 Å². The number of phenols is 1. The molecule has 0 radical (unpaired) electrons. The van der Waals surface area contributed by atoms with Gasteiger partial charge in [0.2, 0.25) is 17.7 Å². The van der Waals surface area contributed by atoms with Crippen molar-refractivity contribution in [3.8, 4) is 28.7 Å². The maximum absolute atomic E-state index is 14.4. The fourth-order valence-corrected chi connectivity index (χ4v) is 8.85. The van der Waals surface area contributed by atoms with Crippen LogP contribution in [0, 0.1) is 0 Å². The number of phenolic OH excluding ortho intramolecular Hbond substituents is 1. The van der Waals surface area contributed by atoms with Crippen LogP contribution in [-0.4, -0.2) is 121 Å². The summed E-state index contributed by atoms with van der Waals surface area (Å²) < 4.78 is 19.9. The molecule has 2 fully saturated rings. The summed E-state index contributed by atoms with van der Waals surface area (Å²) in [7, 11) is 0. The number of carboxylic acid groups (broad SMARTS) is 1. The number of nitrogens with one attached hydrogen (secondary N) is 3. The molecule has 2 aliphatic rings. The van der Waals surface area contributed by atoms with Crippen LogP contribution in [0.4, 0.5) is 0 Å². The molecule has 2 heterocycles. The van der Waals surface area contributed by atoms with Crippen molar-refractivity contribution in [3.05, 3.63) is 77.4 Å². The van der Waals surface area contributed by atoms with E-state index in [-0.39, 0.29) is 65.6 Å². The van der Waals surface area contributed by atoms with Crippen molar-refractivity contribution in [3.63, 3.8) is 0 Å². The highest BCUT2D eigenvalue weighted by Gasteiger charge is 2.64. The topological polar surface area (TPSA) is 291 Å². The van der Waals surface area contributed by atoms with E-state index in [2.05, 4.69) is 16.0 Å². The van der Waals surface area contributed by atoms with Crippen LogP contribution in [0.2, 0.25) is 0 Å². The Bertz CT molecular complexity index is 2460. The van der Waals surface area contributed by atoms with E-state index < -0.39 is 99.9 Å². The molecule has 0 saturated carbocycles. The number of hydrogen-bond donors (Lipinski definition) is 5. The molecular formula is C44H47N5O16S. The van der Waals surface area contributed by atoms with E-state index in [1.165, 1.54) is 77.3 Å². The van der Waals surface area contributed by atoms with Crippen molar-refractivity contribution in [2.75, 3.05) is 19.6 Å². The summed E-state index contributed by atoms with van der Waals surface area (Å²) in [6, 6.07) is 9.43. The molecule has 2 saturated heterocycles. The van der Waals surface area contributed by atoms with Crippen molar-refractivity contribution >= 4 is 71.1 Å². The Morgan fingerprint density at radius 3 is 1.86 bits per heavy atom. The summed E-state index contributed by atoms with van der Waals surface area (Å²) in [6.45, 7) is 6.77. The maximum Gasteiger partial charge on any atom is 0.327 e. The summed E-state index contributed by atoms with van der Waals surface area (Å²) in [6.07, 6.45) is 0.294. The fourth-order valence-electron chi connectivity index (χ4n) is 7.22. The molecule has 21 nitrogen and oxygen atoms in total. The number of amides is 5. The Balaban J connectivity index is 1.37. The Hall–Kier alpha value is -7.49. The first-order chi connectivity index (χ1) is 31.1. The van der Waals surface area contributed by atoms with Crippen LogP contribution in [0.3, 0.4) is 0 Å². The number of benzene rings is 3. The lowest BCUT2D eigenvalue weighted by Gasteiger charge is -2.44. The van der Waals surface area contributed by atoms with Crippen molar-refractivity contribution in [2.24, 2.45) is 0 Å². The number of β-lactam (4-membered cyclic amide) rings is 1. The minimum absolute atomic E-state index is 0.0188. The molecule has 22 heteroatoms. The number of ether oxygens (including phenoxy) is 4. The second-order valence-electron chi connectivity index (χ2n) is 15.5. The van der Waals surface area contributed by atoms with Gasteiger partial charge in [-0.05, 0) is 68.7 Å². The number of esters is 4. The zero-order valence-corrected chi connectivity index (χ0v) is 37.3. The largest absolute Gasteiger partial charge is 0.508 e. The number of rotatable bonds is 18. The highest BCUT2D eigenvalue weighted by molar-refractivity contribution is 8.01. The monoisotopic (exact) mass is 933 g/mol. The first-order valence-corrected chi connectivity index (χ1v) is 21.2. The van der Waals surface area contributed by atoms with E-state index in [1.807, 2.05) is 0 Å². The lowest BCUT2D eigenvalue weighted by Crippen LogP contribution is -2.71. The standard InChI is InChI=1S/C44H47N5O16S/c1-22(50)62-30-13-9-11-28(35(30)64-24(3)52)38(56)45-19-7-8-20-48(40(58)29-12-10-14-31(63-23(2)51)36(29)65-25(4)53)21-32(55)46-33(26-15-17-27(54)18-16-26)39(57)47-34-41(59)49-37(43(60)61)44(5,6)66-42(34)49/h9-18,33-34,37,42,54H,7-8,19-21H2,1-6H3,(H,45,56)(H,46,55)(H,47,57)(H,60,61). The van der Waals surface area contributed by atoms with E-state index in [0.29, 0.717) is 0 Å². The summed E-state index contributed by atoms with van der Waals surface area (Å²) >= 11 is 1.19. The van der Waals surface area contributed by atoms with Crippen molar-refractivity contribution in [1.29, 1.82) is 0 Å². The fraction of sp³-hybridized carbons (Fsp3) is 0.364. The van der Waals surface area contributed by atoms with Crippen LogP contribution in [-0.2, 0) is 38.4 Å². The normalized spacial score (nSPS) is 17.2. The van der Waals surface area contributed by atoms with Crippen LogP contribution in [0.25, 0.3) is 0 Å². The smallest absolute Gasteiger partial charge is 0.327 e. The highest BCUT2D eigenvalue weighted by Crippen LogP contribution is 2.51. The Labute approximate surface area is 381 Å². The molecule has 66 heavy (non-hydrogen) atoms. The molecular weight excluding hydrogens is 887 g/mol. The third-order valence-corrected chi connectivity index (χ3v) is 11.5. The predicted octanol–water partition coefficient (Wildman–Crippen LogP) is 2.24. The van der Waals surface area contributed by atoms with E-state index in [0.717, 1.165) is 32.6 Å². The van der Waals surface area contributed by atoms with Crippen LogP contribution in [0.1, 0.15) is 86.7 Å². The van der Waals surface area contributed by atoms with E-state index in [1.54, 1.807) is 13.8 Å². The number of fused-ring (bicyclic) bond motifs is 1.